The number of carbonyl (C=O) groups excluding carboxylic acids is 1. The summed E-state index contributed by atoms with van der Waals surface area (Å²) < 4.78 is 44.9. The third kappa shape index (κ3) is 4.62. The Hall–Kier alpha value is -2.77. The number of nitrogens with zero attached hydrogens (tertiary/aromatic N) is 2. The maximum Gasteiger partial charge on any atom is 0.416 e. The van der Waals surface area contributed by atoms with Gasteiger partial charge in [-0.2, -0.15) is 18.3 Å². The van der Waals surface area contributed by atoms with Gasteiger partial charge < -0.3 is 9.32 Å². The lowest BCUT2D eigenvalue weighted by Crippen LogP contribution is -2.32. The first-order valence-corrected chi connectivity index (χ1v) is 10.8. The van der Waals surface area contributed by atoms with Crippen molar-refractivity contribution in [2.45, 2.75) is 58.0 Å². The lowest BCUT2D eigenvalue weighted by atomic mass is 9.93. The van der Waals surface area contributed by atoms with Crippen molar-refractivity contribution >= 4 is 17.3 Å². The summed E-state index contributed by atoms with van der Waals surface area (Å²) >= 11 is 0. The Labute approximate surface area is 179 Å². The van der Waals surface area contributed by atoms with Gasteiger partial charge in [-0.1, -0.05) is 18.9 Å². The van der Waals surface area contributed by atoms with Crippen LogP contribution < -0.4 is 5.43 Å². The number of benzene rings is 1. The SMILES string of the molecule is Cc1c(C(=O)N2CCCCCC2)oc2c1/C(=N/Nc1cccc(C(F)(F)F)c1)CCC2. The summed E-state index contributed by atoms with van der Waals surface area (Å²) in [6, 6.07) is 4.95. The van der Waals surface area contributed by atoms with Gasteiger partial charge >= 0.3 is 6.18 Å². The summed E-state index contributed by atoms with van der Waals surface area (Å²) in [7, 11) is 0. The summed E-state index contributed by atoms with van der Waals surface area (Å²) in [5.41, 5.74) is 4.56. The summed E-state index contributed by atoms with van der Waals surface area (Å²) in [6.07, 6.45) is 2.04. The zero-order valence-electron chi connectivity index (χ0n) is 17.5. The highest BCUT2D eigenvalue weighted by molar-refractivity contribution is 6.06. The highest BCUT2D eigenvalue weighted by Gasteiger charge is 2.31. The largest absolute Gasteiger partial charge is 0.455 e. The van der Waals surface area contributed by atoms with Gasteiger partial charge in [-0.3, -0.25) is 10.2 Å². The molecule has 0 spiro atoms. The third-order valence-electron chi connectivity index (χ3n) is 5.92. The Kier molecular flexibility index (Phi) is 6.07. The Morgan fingerprint density at radius 2 is 1.84 bits per heavy atom. The minimum Gasteiger partial charge on any atom is -0.455 e. The average Bonchev–Trinajstić information content (AvgIpc) is 2.92. The Morgan fingerprint density at radius 3 is 2.55 bits per heavy atom. The molecule has 0 saturated carbocycles. The van der Waals surface area contributed by atoms with Gasteiger partial charge in [0.05, 0.1) is 17.0 Å². The molecule has 2 heterocycles. The first kappa shape index (κ1) is 21.5. The highest BCUT2D eigenvalue weighted by atomic mass is 19.4. The molecule has 1 aromatic heterocycles. The number of aryl methyl sites for hydroxylation is 1. The van der Waals surface area contributed by atoms with Crippen molar-refractivity contribution in [2.75, 3.05) is 18.5 Å². The highest BCUT2D eigenvalue weighted by Crippen LogP contribution is 2.32. The molecule has 1 N–H and O–H groups in total. The van der Waals surface area contributed by atoms with Gasteiger partial charge in [0.1, 0.15) is 5.76 Å². The first-order valence-electron chi connectivity index (χ1n) is 10.8. The number of hydrogen-bond acceptors (Lipinski definition) is 4. The van der Waals surface area contributed by atoms with Gasteiger partial charge in [-0.15, -0.1) is 0 Å². The number of likely N-dealkylation sites (tertiary alicyclic amines) is 1. The number of alkyl halides is 3. The fourth-order valence-electron chi connectivity index (χ4n) is 4.30. The number of halogens is 3. The molecule has 1 aromatic carbocycles. The fourth-order valence-corrected chi connectivity index (χ4v) is 4.30. The van der Waals surface area contributed by atoms with Crippen LogP contribution in [0, 0.1) is 6.92 Å². The standard InChI is InChI=1S/C23H26F3N3O2/c1-15-20-18(28-27-17-9-6-8-16(14-17)23(24,25)26)10-7-11-19(20)31-21(15)22(30)29-12-4-2-3-5-13-29/h6,8-9,14,27H,2-5,7,10-13H2,1H3/b28-18+. The number of fused-ring (bicyclic) bond motifs is 1. The van der Waals surface area contributed by atoms with E-state index >= 15 is 0 Å². The summed E-state index contributed by atoms with van der Waals surface area (Å²) in [6.45, 7) is 3.34. The predicted octanol–water partition coefficient (Wildman–Crippen LogP) is 5.78. The van der Waals surface area contributed by atoms with Crippen molar-refractivity contribution < 1.29 is 22.4 Å². The molecule has 8 heteroatoms. The number of nitrogens with one attached hydrogen (secondary N) is 1. The zero-order valence-corrected chi connectivity index (χ0v) is 17.5. The Balaban J connectivity index is 1.59. The van der Waals surface area contributed by atoms with Crippen molar-refractivity contribution in [2.24, 2.45) is 5.10 Å². The van der Waals surface area contributed by atoms with Crippen molar-refractivity contribution in [1.82, 2.24) is 4.90 Å². The van der Waals surface area contributed by atoms with Crippen LogP contribution in [0.3, 0.4) is 0 Å². The summed E-state index contributed by atoms with van der Waals surface area (Å²) in [4.78, 5) is 14.9. The molecule has 4 rings (SSSR count). The van der Waals surface area contributed by atoms with Crippen LogP contribution in [0.25, 0.3) is 0 Å². The molecule has 0 unspecified atom stereocenters. The molecular formula is C23H26F3N3O2. The second-order valence-corrected chi connectivity index (χ2v) is 8.16. The van der Waals surface area contributed by atoms with Crippen LogP contribution in [-0.2, 0) is 12.6 Å². The molecule has 1 aliphatic heterocycles. The van der Waals surface area contributed by atoms with E-state index in [9.17, 15) is 18.0 Å². The fraction of sp³-hybridized carbons (Fsp3) is 0.478. The minimum absolute atomic E-state index is 0.0843. The third-order valence-corrected chi connectivity index (χ3v) is 5.92. The molecule has 0 bridgehead atoms. The van der Waals surface area contributed by atoms with Crippen LogP contribution in [0.15, 0.2) is 33.8 Å². The van der Waals surface area contributed by atoms with E-state index in [-0.39, 0.29) is 11.6 Å². The Bertz CT molecular complexity index is 986. The van der Waals surface area contributed by atoms with Gasteiger partial charge in [0, 0.05) is 30.6 Å². The summed E-state index contributed by atoms with van der Waals surface area (Å²) in [5, 5.41) is 4.39. The summed E-state index contributed by atoms with van der Waals surface area (Å²) in [5.74, 6) is 1.01. The second kappa shape index (κ2) is 8.77. The molecule has 1 fully saturated rings. The molecule has 5 nitrogen and oxygen atoms in total. The number of carbonyl (C=O) groups is 1. The van der Waals surface area contributed by atoms with Crippen LogP contribution in [0.4, 0.5) is 18.9 Å². The van der Waals surface area contributed by atoms with E-state index in [0.717, 1.165) is 74.2 Å². The van der Waals surface area contributed by atoms with Crippen LogP contribution in [0.5, 0.6) is 0 Å². The van der Waals surface area contributed by atoms with Crippen molar-refractivity contribution in [3.8, 4) is 0 Å². The smallest absolute Gasteiger partial charge is 0.416 e. The molecule has 166 valence electrons. The van der Waals surface area contributed by atoms with E-state index in [1.165, 1.54) is 6.07 Å². The molecule has 1 amide bonds. The second-order valence-electron chi connectivity index (χ2n) is 8.16. The van der Waals surface area contributed by atoms with E-state index in [0.29, 0.717) is 24.3 Å². The van der Waals surface area contributed by atoms with Crippen molar-refractivity contribution in [3.05, 3.63) is 52.5 Å². The molecule has 1 aliphatic carbocycles. The number of anilines is 1. The number of rotatable bonds is 3. The average molecular weight is 433 g/mol. The number of furan rings is 1. The van der Waals surface area contributed by atoms with E-state index < -0.39 is 11.7 Å². The quantitative estimate of drug-likeness (QED) is 0.625. The number of hydrazone groups is 1. The molecule has 0 atom stereocenters. The van der Waals surface area contributed by atoms with Crippen LogP contribution >= 0.6 is 0 Å². The van der Waals surface area contributed by atoms with Crippen LogP contribution in [0.2, 0.25) is 0 Å². The van der Waals surface area contributed by atoms with Gasteiger partial charge in [0.2, 0.25) is 0 Å². The Morgan fingerprint density at radius 1 is 1.10 bits per heavy atom. The van der Waals surface area contributed by atoms with E-state index in [1.54, 1.807) is 6.07 Å². The number of hydrogen-bond donors (Lipinski definition) is 1. The number of amides is 1. The molecule has 2 aliphatic rings. The van der Waals surface area contributed by atoms with E-state index in [2.05, 4.69) is 10.5 Å². The van der Waals surface area contributed by atoms with Crippen LogP contribution in [0.1, 0.15) is 71.5 Å². The lowest BCUT2D eigenvalue weighted by Gasteiger charge is -2.19. The van der Waals surface area contributed by atoms with E-state index in [1.807, 2.05) is 11.8 Å². The minimum atomic E-state index is -4.41. The van der Waals surface area contributed by atoms with Crippen molar-refractivity contribution in [1.29, 1.82) is 0 Å². The van der Waals surface area contributed by atoms with Crippen molar-refractivity contribution in [3.63, 3.8) is 0 Å². The van der Waals surface area contributed by atoms with Gasteiger partial charge in [0.15, 0.2) is 5.76 Å². The lowest BCUT2D eigenvalue weighted by molar-refractivity contribution is -0.137. The van der Waals surface area contributed by atoms with E-state index in [4.69, 9.17) is 4.42 Å². The normalized spacial score (nSPS) is 18.6. The molecule has 2 aromatic rings. The van der Waals surface area contributed by atoms with Gasteiger partial charge in [-0.25, -0.2) is 0 Å². The molecular weight excluding hydrogens is 407 g/mol. The predicted molar refractivity (Wildman–Crippen MR) is 112 cm³/mol. The first-order chi connectivity index (χ1) is 14.8. The monoisotopic (exact) mass is 433 g/mol. The molecule has 31 heavy (non-hydrogen) atoms. The molecule has 1 saturated heterocycles. The maximum absolute atomic E-state index is 13.1. The van der Waals surface area contributed by atoms with Gasteiger partial charge in [0.25, 0.3) is 5.91 Å². The molecule has 0 radical (unpaired) electrons. The maximum atomic E-state index is 13.1. The van der Waals surface area contributed by atoms with Gasteiger partial charge in [-0.05, 0) is 50.8 Å². The zero-order chi connectivity index (χ0) is 22.0. The van der Waals surface area contributed by atoms with Crippen LogP contribution in [-0.4, -0.2) is 29.6 Å². The topological polar surface area (TPSA) is 57.8 Å².